The summed E-state index contributed by atoms with van der Waals surface area (Å²) in [6.45, 7) is 3.91. The molecule has 9 nitrogen and oxygen atoms in total. The monoisotopic (exact) mass is 444 g/mol. The second-order valence-corrected chi connectivity index (χ2v) is 7.34. The van der Waals surface area contributed by atoms with Crippen LogP contribution in [-0.4, -0.2) is 40.1 Å². The van der Waals surface area contributed by atoms with Crippen molar-refractivity contribution in [3.05, 3.63) is 77.6 Å². The summed E-state index contributed by atoms with van der Waals surface area (Å²) in [6, 6.07) is 18.0. The van der Waals surface area contributed by atoms with Crippen LogP contribution in [0.15, 0.2) is 60.7 Å². The molecule has 0 aliphatic carbocycles. The summed E-state index contributed by atoms with van der Waals surface area (Å²) in [5.74, 6) is 2.06. The Hall–Kier alpha value is -4.40. The molecule has 2 N–H and O–H groups in total. The largest absolute Gasteiger partial charge is 0.493 e. The molecule has 0 unspecified atom stereocenters. The van der Waals surface area contributed by atoms with Gasteiger partial charge >= 0.3 is 0 Å². The number of carbonyl (C=O) groups is 1. The number of aryl methyl sites for hydroxylation is 2. The molecule has 2 aromatic carbocycles. The minimum atomic E-state index is -0.248. The standard InChI is InChI=1S/C24H24N6O3/c1-15-13-16(2)30(29-15)23-12-11-22(27-28-23)25-18-6-8-19(9-7-18)26-24(31)17-5-10-20(32-3)21(14-17)33-4/h5-14H,1-4H3,(H,25,27)(H,26,31). The number of carbonyl (C=O) groups excluding carboxylic acids is 1. The van der Waals surface area contributed by atoms with E-state index in [-0.39, 0.29) is 5.91 Å². The molecule has 0 radical (unpaired) electrons. The van der Waals surface area contributed by atoms with Crippen molar-refractivity contribution in [3.63, 3.8) is 0 Å². The number of nitrogens with zero attached hydrogens (tertiary/aromatic N) is 4. The number of methoxy groups -OCH3 is 2. The fourth-order valence-corrected chi connectivity index (χ4v) is 3.33. The number of nitrogens with one attached hydrogen (secondary N) is 2. The van der Waals surface area contributed by atoms with Crippen molar-refractivity contribution in [2.45, 2.75) is 13.8 Å². The molecule has 9 heteroatoms. The van der Waals surface area contributed by atoms with Gasteiger partial charge in [0.15, 0.2) is 23.1 Å². The minimum absolute atomic E-state index is 0.248. The quantitative estimate of drug-likeness (QED) is 0.438. The zero-order valence-electron chi connectivity index (χ0n) is 18.8. The van der Waals surface area contributed by atoms with Gasteiger partial charge in [0.05, 0.1) is 19.9 Å². The predicted molar refractivity (Wildman–Crippen MR) is 126 cm³/mol. The molecule has 0 atom stereocenters. The van der Waals surface area contributed by atoms with Gasteiger partial charge in [-0.1, -0.05) is 0 Å². The normalized spacial score (nSPS) is 10.5. The second kappa shape index (κ2) is 9.39. The van der Waals surface area contributed by atoms with E-state index in [4.69, 9.17) is 9.47 Å². The summed E-state index contributed by atoms with van der Waals surface area (Å²) in [6.07, 6.45) is 0. The zero-order valence-corrected chi connectivity index (χ0v) is 18.8. The Bertz CT molecular complexity index is 1270. The first-order valence-corrected chi connectivity index (χ1v) is 10.2. The van der Waals surface area contributed by atoms with Crippen molar-refractivity contribution in [2.75, 3.05) is 24.9 Å². The summed E-state index contributed by atoms with van der Waals surface area (Å²) in [5.41, 5.74) is 3.86. The van der Waals surface area contributed by atoms with Gasteiger partial charge in [0.25, 0.3) is 5.91 Å². The van der Waals surface area contributed by atoms with Crippen LogP contribution in [0.25, 0.3) is 5.82 Å². The molecule has 4 aromatic rings. The number of ether oxygens (including phenoxy) is 2. The van der Waals surface area contributed by atoms with Crippen molar-refractivity contribution in [2.24, 2.45) is 0 Å². The van der Waals surface area contributed by atoms with Gasteiger partial charge in [0.1, 0.15) is 0 Å². The molecule has 0 saturated carbocycles. The highest BCUT2D eigenvalue weighted by molar-refractivity contribution is 6.04. The smallest absolute Gasteiger partial charge is 0.255 e. The number of amides is 1. The van der Waals surface area contributed by atoms with Gasteiger partial charge in [-0.15, -0.1) is 10.2 Å². The van der Waals surface area contributed by atoms with Gasteiger partial charge < -0.3 is 20.1 Å². The van der Waals surface area contributed by atoms with Crippen LogP contribution in [0.4, 0.5) is 17.2 Å². The lowest BCUT2D eigenvalue weighted by atomic mass is 10.1. The van der Waals surface area contributed by atoms with Gasteiger partial charge in [0.2, 0.25) is 0 Å². The maximum absolute atomic E-state index is 12.6. The molecule has 2 heterocycles. The summed E-state index contributed by atoms with van der Waals surface area (Å²) >= 11 is 0. The van der Waals surface area contributed by atoms with E-state index in [0.717, 1.165) is 17.1 Å². The van der Waals surface area contributed by atoms with E-state index in [1.165, 1.54) is 7.11 Å². The Balaban J connectivity index is 1.40. The van der Waals surface area contributed by atoms with Crippen LogP contribution in [0, 0.1) is 13.8 Å². The van der Waals surface area contributed by atoms with Gasteiger partial charge in [-0.25, -0.2) is 4.68 Å². The molecule has 0 spiro atoms. The van der Waals surface area contributed by atoms with Crippen LogP contribution in [-0.2, 0) is 0 Å². The maximum atomic E-state index is 12.6. The third kappa shape index (κ3) is 4.93. The Morgan fingerprint density at radius 3 is 2.18 bits per heavy atom. The van der Waals surface area contributed by atoms with Crippen molar-refractivity contribution in [1.29, 1.82) is 0 Å². The van der Waals surface area contributed by atoms with Crippen LogP contribution >= 0.6 is 0 Å². The Morgan fingerprint density at radius 1 is 0.848 bits per heavy atom. The number of benzene rings is 2. The molecular weight excluding hydrogens is 420 g/mol. The van der Waals surface area contributed by atoms with E-state index in [9.17, 15) is 4.79 Å². The number of hydrogen-bond donors (Lipinski definition) is 2. The number of anilines is 3. The highest BCUT2D eigenvalue weighted by Crippen LogP contribution is 2.28. The lowest BCUT2D eigenvalue weighted by molar-refractivity contribution is 0.102. The summed E-state index contributed by atoms with van der Waals surface area (Å²) in [5, 5.41) is 19.0. The van der Waals surface area contributed by atoms with Crippen molar-refractivity contribution in [1.82, 2.24) is 20.0 Å². The van der Waals surface area contributed by atoms with Crippen molar-refractivity contribution >= 4 is 23.1 Å². The average molecular weight is 444 g/mol. The predicted octanol–water partition coefficient (Wildman–Crippen LogP) is 4.29. The molecule has 4 rings (SSSR count). The molecule has 168 valence electrons. The van der Waals surface area contributed by atoms with E-state index in [1.54, 1.807) is 42.1 Å². The Labute approximate surface area is 191 Å². The topological polar surface area (TPSA) is 103 Å². The third-order valence-corrected chi connectivity index (χ3v) is 4.94. The van der Waals surface area contributed by atoms with Gasteiger partial charge in [0, 0.05) is 22.6 Å². The summed E-state index contributed by atoms with van der Waals surface area (Å²) in [7, 11) is 3.08. The first-order valence-electron chi connectivity index (χ1n) is 10.2. The fourth-order valence-electron chi connectivity index (χ4n) is 3.33. The van der Waals surface area contributed by atoms with Crippen LogP contribution in [0.2, 0.25) is 0 Å². The van der Waals surface area contributed by atoms with Gasteiger partial charge in [-0.05, 0) is 74.5 Å². The van der Waals surface area contributed by atoms with E-state index in [2.05, 4.69) is 25.9 Å². The number of hydrogen-bond acceptors (Lipinski definition) is 7. The van der Waals surface area contributed by atoms with Crippen molar-refractivity contribution in [3.8, 4) is 17.3 Å². The van der Waals surface area contributed by atoms with Crippen LogP contribution in [0.3, 0.4) is 0 Å². The van der Waals surface area contributed by atoms with E-state index >= 15 is 0 Å². The first-order chi connectivity index (χ1) is 16.0. The Kier molecular flexibility index (Phi) is 6.21. The van der Waals surface area contributed by atoms with Crippen molar-refractivity contribution < 1.29 is 14.3 Å². The van der Waals surface area contributed by atoms with Crippen LogP contribution in [0.1, 0.15) is 21.7 Å². The first kappa shape index (κ1) is 21.8. The molecule has 0 saturated heterocycles. The molecule has 0 aliphatic rings. The maximum Gasteiger partial charge on any atom is 0.255 e. The van der Waals surface area contributed by atoms with Crippen LogP contribution < -0.4 is 20.1 Å². The SMILES string of the molecule is COc1ccc(C(=O)Nc2ccc(Nc3ccc(-n4nc(C)cc4C)nn3)cc2)cc1OC. The van der Waals surface area contributed by atoms with E-state index in [1.807, 2.05) is 44.2 Å². The van der Waals surface area contributed by atoms with E-state index in [0.29, 0.717) is 34.4 Å². The number of aromatic nitrogens is 4. The molecule has 0 bridgehead atoms. The second-order valence-electron chi connectivity index (χ2n) is 7.34. The van der Waals surface area contributed by atoms with Crippen LogP contribution in [0.5, 0.6) is 11.5 Å². The summed E-state index contributed by atoms with van der Waals surface area (Å²) < 4.78 is 12.2. The van der Waals surface area contributed by atoms with Gasteiger partial charge in [-0.2, -0.15) is 5.10 Å². The minimum Gasteiger partial charge on any atom is -0.493 e. The fraction of sp³-hybridized carbons (Fsp3) is 0.167. The van der Waals surface area contributed by atoms with Gasteiger partial charge in [-0.3, -0.25) is 4.79 Å². The highest BCUT2D eigenvalue weighted by Gasteiger charge is 2.11. The number of rotatable bonds is 7. The molecule has 0 fully saturated rings. The molecule has 1 amide bonds. The third-order valence-electron chi connectivity index (χ3n) is 4.94. The van der Waals surface area contributed by atoms with E-state index < -0.39 is 0 Å². The zero-order chi connectivity index (χ0) is 23.4. The molecule has 33 heavy (non-hydrogen) atoms. The average Bonchev–Trinajstić information content (AvgIpc) is 3.18. The molecule has 0 aliphatic heterocycles. The highest BCUT2D eigenvalue weighted by atomic mass is 16.5. The Morgan fingerprint density at radius 2 is 1.58 bits per heavy atom. The summed E-state index contributed by atoms with van der Waals surface area (Å²) in [4.78, 5) is 12.6. The lowest BCUT2D eigenvalue weighted by Crippen LogP contribution is -2.12. The lowest BCUT2D eigenvalue weighted by Gasteiger charge is -2.11. The molecular formula is C24H24N6O3. The molecule has 2 aromatic heterocycles.